The Morgan fingerprint density at radius 2 is 2.31 bits per heavy atom. The molecule has 0 radical (unpaired) electrons. The standard InChI is InChI=1S/C9H10BrN3O3/c10-7-5-6(1-2-12-7)8(14)13-3-4-16-9(11)15/h1-2,5H,3-4H2,(H2,11,15)(H,13,14). The first-order valence-corrected chi connectivity index (χ1v) is 5.21. The van der Waals surface area contributed by atoms with Crippen LogP contribution in [0, 0.1) is 0 Å². The second-order valence-electron chi connectivity index (χ2n) is 2.79. The number of carbonyl (C=O) groups excluding carboxylic acids is 2. The van der Waals surface area contributed by atoms with Gasteiger partial charge in [-0.3, -0.25) is 4.79 Å². The summed E-state index contributed by atoms with van der Waals surface area (Å²) in [6, 6.07) is 3.17. The molecule has 0 aromatic carbocycles. The van der Waals surface area contributed by atoms with E-state index >= 15 is 0 Å². The zero-order chi connectivity index (χ0) is 12.0. The van der Waals surface area contributed by atoms with Gasteiger partial charge in [-0.15, -0.1) is 0 Å². The molecule has 3 N–H and O–H groups in total. The Labute approximate surface area is 100 Å². The predicted molar refractivity (Wildman–Crippen MR) is 59.8 cm³/mol. The molecule has 0 aliphatic rings. The van der Waals surface area contributed by atoms with Gasteiger partial charge >= 0.3 is 6.09 Å². The summed E-state index contributed by atoms with van der Waals surface area (Å²) in [6.45, 7) is 0.259. The number of hydrogen-bond donors (Lipinski definition) is 2. The summed E-state index contributed by atoms with van der Waals surface area (Å²) in [5.74, 6) is -0.267. The molecule has 0 aliphatic heterocycles. The van der Waals surface area contributed by atoms with E-state index in [0.29, 0.717) is 10.2 Å². The van der Waals surface area contributed by atoms with Crippen molar-refractivity contribution in [3.8, 4) is 0 Å². The van der Waals surface area contributed by atoms with Crippen LogP contribution in [-0.2, 0) is 4.74 Å². The number of halogens is 1. The van der Waals surface area contributed by atoms with Crippen LogP contribution in [0.25, 0.3) is 0 Å². The topological polar surface area (TPSA) is 94.3 Å². The van der Waals surface area contributed by atoms with Gasteiger partial charge in [-0.1, -0.05) is 0 Å². The Bertz CT molecular complexity index is 397. The van der Waals surface area contributed by atoms with Gasteiger partial charge in [-0.25, -0.2) is 9.78 Å². The van der Waals surface area contributed by atoms with E-state index in [1.54, 1.807) is 12.1 Å². The van der Waals surface area contributed by atoms with E-state index in [1.807, 2.05) is 0 Å². The fourth-order valence-electron chi connectivity index (χ4n) is 0.962. The van der Waals surface area contributed by atoms with Crippen molar-refractivity contribution in [1.29, 1.82) is 0 Å². The number of primary amides is 1. The minimum absolute atomic E-state index is 0.0489. The zero-order valence-electron chi connectivity index (χ0n) is 8.27. The first-order valence-electron chi connectivity index (χ1n) is 4.41. The number of nitrogens with zero attached hydrogens (tertiary/aromatic N) is 1. The maximum absolute atomic E-state index is 11.5. The highest BCUT2D eigenvalue weighted by Gasteiger charge is 2.05. The minimum atomic E-state index is -0.860. The maximum Gasteiger partial charge on any atom is 0.404 e. The van der Waals surface area contributed by atoms with Crippen LogP contribution in [0.4, 0.5) is 4.79 Å². The molecule has 0 unspecified atom stereocenters. The molecule has 0 bridgehead atoms. The van der Waals surface area contributed by atoms with E-state index in [4.69, 9.17) is 5.73 Å². The number of amides is 2. The van der Waals surface area contributed by atoms with E-state index in [2.05, 4.69) is 31.0 Å². The van der Waals surface area contributed by atoms with Crippen molar-refractivity contribution in [1.82, 2.24) is 10.3 Å². The lowest BCUT2D eigenvalue weighted by Crippen LogP contribution is -2.29. The smallest absolute Gasteiger partial charge is 0.404 e. The number of nitrogens with two attached hydrogens (primary N) is 1. The molecular formula is C9H10BrN3O3. The van der Waals surface area contributed by atoms with Gasteiger partial charge in [-0.05, 0) is 28.1 Å². The van der Waals surface area contributed by atoms with Crippen molar-refractivity contribution < 1.29 is 14.3 Å². The Morgan fingerprint density at radius 3 is 2.94 bits per heavy atom. The third-order valence-corrected chi connectivity index (χ3v) is 2.05. The largest absolute Gasteiger partial charge is 0.448 e. The summed E-state index contributed by atoms with van der Waals surface area (Å²) in [5, 5.41) is 2.56. The molecule has 1 heterocycles. The molecular weight excluding hydrogens is 278 g/mol. The van der Waals surface area contributed by atoms with Crippen LogP contribution in [0.3, 0.4) is 0 Å². The molecule has 16 heavy (non-hydrogen) atoms. The number of hydrogen-bond acceptors (Lipinski definition) is 4. The summed E-state index contributed by atoms with van der Waals surface area (Å²) < 4.78 is 5.03. The van der Waals surface area contributed by atoms with Gasteiger partial charge in [-0.2, -0.15) is 0 Å². The zero-order valence-corrected chi connectivity index (χ0v) is 9.86. The van der Waals surface area contributed by atoms with E-state index in [9.17, 15) is 9.59 Å². The lowest BCUT2D eigenvalue weighted by atomic mass is 10.2. The van der Waals surface area contributed by atoms with E-state index < -0.39 is 6.09 Å². The highest BCUT2D eigenvalue weighted by molar-refractivity contribution is 9.10. The van der Waals surface area contributed by atoms with Crippen LogP contribution in [-0.4, -0.2) is 30.1 Å². The highest BCUT2D eigenvalue weighted by atomic mass is 79.9. The molecule has 1 aromatic rings. The van der Waals surface area contributed by atoms with Crippen molar-refractivity contribution in [3.05, 3.63) is 28.5 Å². The van der Waals surface area contributed by atoms with Gasteiger partial charge in [0.2, 0.25) is 0 Å². The summed E-state index contributed by atoms with van der Waals surface area (Å²) in [4.78, 5) is 25.6. The lowest BCUT2D eigenvalue weighted by molar-refractivity contribution is 0.0936. The normalized spacial score (nSPS) is 9.56. The maximum atomic E-state index is 11.5. The summed E-state index contributed by atoms with van der Waals surface area (Å²) in [6.07, 6.45) is 0.653. The number of aromatic nitrogens is 1. The molecule has 7 heteroatoms. The summed E-state index contributed by atoms with van der Waals surface area (Å²) in [5.41, 5.74) is 5.23. The quantitative estimate of drug-likeness (QED) is 0.629. The van der Waals surface area contributed by atoms with E-state index in [0.717, 1.165) is 0 Å². The monoisotopic (exact) mass is 287 g/mol. The fraction of sp³-hybridized carbons (Fsp3) is 0.222. The molecule has 0 spiro atoms. The van der Waals surface area contributed by atoms with Crippen LogP contribution in [0.1, 0.15) is 10.4 Å². The van der Waals surface area contributed by atoms with Crippen LogP contribution in [0.2, 0.25) is 0 Å². The average molecular weight is 288 g/mol. The van der Waals surface area contributed by atoms with Crippen LogP contribution >= 0.6 is 15.9 Å². The highest BCUT2D eigenvalue weighted by Crippen LogP contribution is 2.07. The third kappa shape index (κ3) is 4.26. The third-order valence-electron chi connectivity index (χ3n) is 1.62. The lowest BCUT2D eigenvalue weighted by Gasteiger charge is -2.05. The van der Waals surface area contributed by atoms with Crippen molar-refractivity contribution in [3.63, 3.8) is 0 Å². The number of nitrogens with one attached hydrogen (secondary N) is 1. The van der Waals surface area contributed by atoms with Gasteiger partial charge in [0.25, 0.3) is 5.91 Å². The first-order chi connectivity index (χ1) is 7.59. The second-order valence-corrected chi connectivity index (χ2v) is 3.60. The molecule has 1 aromatic heterocycles. The van der Waals surface area contributed by atoms with E-state index in [-0.39, 0.29) is 19.1 Å². The molecule has 0 fully saturated rings. The van der Waals surface area contributed by atoms with Crippen molar-refractivity contribution in [2.24, 2.45) is 5.73 Å². The molecule has 1 rings (SSSR count). The summed E-state index contributed by atoms with van der Waals surface area (Å²) in [7, 11) is 0. The molecule has 0 atom stereocenters. The Kier molecular flexibility index (Phi) is 4.71. The minimum Gasteiger partial charge on any atom is -0.448 e. The van der Waals surface area contributed by atoms with Gasteiger partial charge in [0, 0.05) is 11.8 Å². The Morgan fingerprint density at radius 1 is 1.56 bits per heavy atom. The molecule has 6 nitrogen and oxygen atoms in total. The molecule has 0 saturated heterocycles. The van der Waals surface area contributed by atoms with Crippen LogP contribution < -0.4 is 11.1 Å². The van der Waals surface area contributed by atoms with Crippen LogP contribution in [0.5, 0.6) is 0 Å². The molecule has 0 aliphatic carbocycles. The van der Waals surface area contributed by atoms with Gasteiger partial charge in [0.15, 0.2) is 0 Å². The van der Waals surface area contributed by atoms with E-state index in [1.165, 1.54) is 6.20 Å². The SMILES string of the molecule is NC(=O)OCCNC(=O)c1ccnc(Br)c1. The number of carbonyl (C=O) groups is 2. The van der Waals surface area contributed by atoms with Gasteiger partial charge in [0.1, 0.15) is 11.2 Å². The summed E-state index contributed by atoms with van der Waals surface area (Å²) >= 11 is 3.15. The average Bonchev–Trinajstić information content (AvgIpc) is 2.24. The van der Waals surface area contributed by atoms with Crippen LogP contribution in [0.15, 0.2) is 22.9 Å². The number of rotatable bonds is 4. The fourth-order valence-corrected chi connectivity index (χ4v) is 1.33. The number of ether oxygens (including phenoxy) is 1. The molecule has 86 valence electrons. The van der Waals surface area contributed by atoms with Crippen molar-refractivity contribution in [2.75, 3.05) is 13.2 Å². The first kappa shape index (κ1) is 12.4. The second kappa shape index (κ2) is 6.06. The Hall–Kier alpha value is -1.63. The van der Waals surface area contributed by atoms with Gasteiger partial charge < -0.3 is 15.8 Å². The van der Waals surface area contributed by atoms with Crippen molar-refractivity contribution >= 4 is 27.9 Å². The molecule has 2 amide bonds. The van der Waals surface area contributed by atoms with Gasteiger partial charge in [0.05, 0.1) is 6.54 Å². The Balaban J connectivity index is 2.38. The predicted octanol–water partition coefficient (Wildman–Crippen LogP) is 0.669. The van der Waals surface area contributed by atoms with Crippen molar-refractivity contribution in [2.45, 2.75) is 0 Å². The molecule has 0 saturated carbocycles. The number of pyridine rings is 1.